The summed E-state index contributed by atoms with van der Waals surface area (Å²) in [6.07, 6.45) is 3.28. The fraction of sp³-hybridized carbons (Fsp3) is 0.222. The van der Waals surface area contributed by atoms with Crippen LogP contribution < -0.4 is 5.32 Å². The Bertz CT molecular complexity index is 718. The molecule has 108 valence electrons. The van der Waals surface area contributed by atoms with E-state index in [1.807, 2.05) is 18.2 Å². The Morgan fingerprint density at radius 2 is 1.90 bits per heavy atom. The molecule has 1 heterocycles. The van der Waals surface area contributed by atoms with E-state index in [0.717, 1.165) is 31.1 Å². The van der Waals surface area contributed by atoms with Gasteiger partial charge in [-0.05, 0) is 48.2 Å². The summed E-state index contributed by atoms with van der Waals surface area (Å²) in [5.41, 5.74) is 2.54. The lowest BCUT2D eigenvalue weighted by molar-refractivity contribution is 0.591. The molecule has 0 amide bonds. The van der Waals surface area contributed by atoms with Gasteiger partial charge in [-0.2, -0.15) is 0 Å². The van der Waals surface area contributed by atoms with E-state index in [0.29, 0.717) is 0 Å². The SMILES string of the molecule is Clc1cccc(CNCCCn2ccc3ccccc32)c1. The van der Waals surface area contributed by atoms with Crippen molar-refractivity contribution in [3.8, 4) is 0 Å². The molecule has 2 aromatic carbocycles. The third-order valence-electron chi connectivity index (χ3n) is 3.65. The number of fused-ring (bicyclic) bond motifs is 1. The Balaban J connectivity index is 1.46. The molecule has 21 heavy (non-hydrogen) atoms. The molecule has 0 saturated heterocycles. The molecule has 3 heteroatoms. The van der Waals surface area contributed by atoms with Crippen molar-refractivity contribution in [3.63, 3.8) is 0 Å². The topological polar surface area (TPSA) is 17.0 Å². The average Bonchev–Trinajstić information content (AvgIpc) is 2.90. The Morgan fingerprint density at radius 1 is 1.00 bits per heavy atom. The van der Waals surface area contributed by atoms with Gasteiger partial charge in [0, 0.05) is 29.8 Å². The molecular formula is C18H19ClN2. The number of halogens is 1. The van der Waals surface area contributed by atoms with Gasteiger partial charge in [0.15, 0.2) is 0 Å². The van der Waals surface area contributed by atoms with Crippen molar-refractivity contribution in [1.29, 1.82) is 0 Å². The predicted molar refractivity (Wildman–Crippen MR) is 89.7 cm³/mol. The first-order chi connectivity index (χ1) is 10.3. The zero-order valence-electron chi connectivity index (χ0n) is 11.9. The highest BCUT2D eigenvalue weighted by Gasteiger charge is 1.99. The summed E-state index contributed by atoms with van der Waals surface area (Å²) < 4.78 is 2.32. The molecule has 3 aromatic rings. The normalized spacial score (nSPS) is 11.1. The van der Waals surface area contributed by atoms with E-state index in [1.54, 1.807) is 0 Å². The van der Waals surface area contributed by atoms with Gasteiger partial charge in [-0.1, -0.05) is 41.9 Å². The van der Waals surface area contributed by atoms with Crippen molar-refractivity contribution in [1.82, 2.24) is 9.88 Å². The molecular weight excluding hydrogens is 280 g/mol. The maximum atomic E-state index is 5.98. The van der Waals surface area contributed by atoms with Crippen molar-refractivity contribution >= 4 is 22.5 Å². The molecule has 0 aliphatic rings. The van der Waals surface area contributed by atoms with Crippen LogP contribution in [0.5, 0.6) is 0 Å². The monoisotopic (exact) mass is 298 g/mol. The van der Waals surface area contributed by atoms with Crippen molar-refractivity contribution < 1.29 is 0 Å². The zero-order chi connectivity index (χ0) is 14.5. The van der Waals surface area contributed by atoms with E-state index in [9.17, 15) is 0 Å². The highest BCUT2D eigenvalue weighted by Crippen LogP contribution is 2.15. The maximum Gasteiger partial charge on any atom is 0.0480 e. The number of hydrogen-bond acceptors (Lipinski definition) is 1. The summed E-state index contributed by atoms with van der Waals surface area (Å²) in [7, 11) is 0. The van der Waals surface area contributed by atoms with Gasteiger partial charge in [0.2, 0.25) is 0 Å². The quantitative estimate of drug-likeness (QED) is 0.664. The third-order valence-corrected chi connectivity index (χ3v) is 3.89. The minimum atomic E-state index is 0.799. The minimum Gasteiger partial charge on any atom is -0.347 e. The molecule has 1 N–H and O–H groups in total. The van der Waals surface area contributed by atoms with Crippen LogP contribution in [0.2, 0.25) is 5.02 Å². The van der Waals surface area contributed by atoms with Crippen LogP contribution in [0.4, 0.5) is 0 Å². The van der Waals surface area contributed by atoms with Crippen LogP contribution in [0.3, 0.4) is 0 Å². The Hall–Kier alpha value is -1.77. The summed E-state index contributed by atoms with van der Waals surface area (Å²) >= 11 is 5.98. The Morgan fingerprint density at radius 3 is 2.81 bits per heavy atom. The second kappa shape index (κ2) is 6.79. The highest BCUT2D eigenvalue weighted by molar-refractivity contribution is 6.30. The lowest BCUT2D eigenvalue weighted by Gasteiger charge is -2.07. The van der Waals surface area contributed by atoms with Crippen LogP contribution in [0.1, 0.15) is 12.0 Å². The largest absolute Gasteiger partial charge is 0.347 e. The molecule has 2 nitrogen and oxygen atoms in total. The first-order valence-corrected chi connectivity index (χ1v) is 7.70. The van der Waals surface area contributed by atoms with E-state index in [-0.39, 0.29) is 0 Å². The molecule has 0 unspecified atom stereocenters. The summed E-state index contributed by atoms with van der Waals surface area (Å²) in [5, 5.41) is 5.58. The van der Waals surface area contributed by atoms with Gasteiger partial charge < -0.3 is 9.88 Å². The standard InChI is InChI=1S/C18H19ClN2/c19-17-7-3-5-15(13-17)14-20-10-4-11-21-12-9-16-6-1-2-8-18(16)21/h1-3,5-9,12-13,20H,4,10-11,14H2. The third kappa shape index (κ3) is 3.66. The number of nitrogens with zero attached hydrogens (tertiary/aromatic N) is 1. The van der Waals surface area contributed by atoms with Crippen LogP contribution >= 0.6 is 11.6 Å². The van der Waals surface area contributed by atoms with E-state index >= 15 is 0 Å². The minimum absolute atomic E-state index is 0.799. The maximum absolute atomic E-state index is 5.98. The molecule has 0 atom stereocenters. The Kier molecular flexibility index (Phi) is 4.59. The second-order valence-electron chi connectivity index (χ2n) is 5.23. The number of para-hydroxylation sites is 1. The summed E-state index contributed by atoms with van der Waals surface area (Å²) in [5.74, 6) is 0. The van der Waals surface area contributed by atoms with Gasteiger partial charge in [-0.25, -0.2) is 0 Å². The van der Waals surface area contributed by atoms with Crippen LogP contribution in [-0.2, 0) is 13.1 Å². The molecule has 0 fully saturated rings. The first kappa shape index (κ1) is 14.2. The van der Waals surface area contributed by atoms with Crippen molar-refractivity contribution in [3.05, 3.63) is 71.4 Å². The molecule has 0 aliphatic heterocycles. The average molecular weight is 299 g/mol. The number of aryl methyl sites for hydroxylation is 1. The second-order valence-corrected chi connectivity index (χ2v) is 5.66. The van der Waals surface area contributed by atoms with Gasteiger partial charge in [0.25, 0.3) is 0 Å². The fourth-order valence-corrected chi connectivity index (χ4v) is 2.80. The predicted octanol–water partition coefficient (Wildman–Crippen LogP) is 4.47. The van der Waals surface area contributed by atoms with E-state index in [1.165, 1.54) is 16.5 Å². The molecule has 0 radical (unpaired) electrons. The van der Waals surface area contributed by atoms with Crippen molar-refractivity contribution in [2.45, 2.75) is 19.5 Å². The molecule has 0 saturated carbocycles. The molecule has 3 rings (SSSR count). The van der Waals surface area contributed by atoms with E-state index < -0.39 is 0 Å². The fourth-order valence-electron chi connectivity index (χ4n) is 2.59. The van der Waals surface area contributed by atoms with Gasteiger partial charge in [0.05, 0.1) is 0 Å². The smallest absolute Gasteiger partial charge is 0.0480 e. The lowest BCUT2D eigenvalue weighted by Crippen LogP contribution is -2.16. The van der Waals surface area contributed by atoms with Gasteiger partial charge in [-0.15, -0.1) is 0 Å². The van der Waals surface area contributed by atoms with Gasteiger partial charge >= 0.3 is 0 Å². The van der Waals surface area contributed by atoms with Gasteiger partial charge in [0.1, 0.15) is 0 Å². The summed E-state index contributed by atoms with van der Waals surface area (Å²) in [4.78, 5) is 0. The van der Waals surface area contributed by atoms with E-state index in [2.05, 4.69) is 52.5 Å². The number of rotatable bonds is 6. The highest BCUT2D eigenvalue weighted by atomic mass is 35.5. The van der Waals surface area contributed by atoms with Crippen LogP contribution in [-0.4, -0.2) is 11.1 Å². The Labute approximate surface area is 130 Å². The number of aromatic nitrogens is 1. The summed E-state index contributed by atoms with van der Waals surface area (Å²) in [6.45, 7) is 2.90. The molecule has 0 aliphatic carbocycles. The summed E-state index contributed by atoms with van der Waals surface area (Å²) in [6, 6.07) is 18.7. The van der Waals surface area contributed by atoms with Crippen LogP contribution in [0, 0.1) is 0 Å². The first-order valence-electron chi connectivity index (χ1n) is 7.32. The van der Waals surface area contributed by atoms with E-state index in [4.69, 9.17) is 11.6 Å². The van der Waals surface area contributed by atoms with Crippen molar-refractivity contribution in [2.75, 3.05) is 6.54 Å². The molecule has 0 spiro atoms. The zero-order valence-corrected chi connectivity index (χ0v) is 12.7. The van der Waals surface area contributed by atoms with Crippen LogP contribution in [0.25, 0.3) is 10.9 Å². The van der Waals surface area contributed by atoms with Crippen molar-refractivity contribution in [2.24, 2.45) is 0 Å². The van der Waals surface area contributed by atoms with Crippen LogP contribution in [0.15, 0.2) is 60.8 Å². The lowest BCUT2D eigenvalue weighted by atomic mass is 10.2. The number of nitrogens with one attached hydrogen (secondary N) is 1. The number of hydrogen-bond donors (Lipinski definition) is 1. The molecule has 0 bridgehead atoms. The van der Waals surface area contributed by atoms with Gasteiger partial charge in [-0.3, -0.25) is 0 Å². The number of benzene rings is 2. The molecule has 1 aromatic heterocycles.